The lowest BCUT2D eigenvalue weighted by Gasteiger charge is -2.32. The van der Waals surface area contributed by atoms with Gasteiger partial charge >= 0.3 is 0 Å². The van der Waals surface area contributed by atoms with Crippen molar-refractivity contribution in [2.24, 2.45) is 17.7 Å². The molecule has 4 heteroatoms. The Bertz CT molecular complexity index is 498. The van der Waals surface area contributed by atoms with Gasteiger partial charge in [-0.25, -0.2) is 0 Å². The lowest BCUT2D eigenvalue weighted by atomic mass is 9.78. The predicted molar refractivity (Wildman–Crippen MR) is 86.6 cm³/mol. The fourth-order valence-corrected chi connectivity index (χ4v) is 4.05. The molecular formula is C17H25ClN2O. The van der Waals surface area contributed by atoms with Crippen LogP contribution in [0.15, 0.2) is 12.1 Å². The molecule has 1 atom stereocenters. The van der Waals surface area contributed by atoms with Crippen molar-refractivity contribution in [1.82, 2.24) is 5.43 Å². The molecule has 0 spiro atoms. The maximum absolute atomic E-state index is 6.25. The first kappa shape index (κ1) is 15.1. The third-order valence-electron chi connectivity index (χ3n) is 5.11. The van der Waals surface area contributed by atoms with E-state index >= 15 is 0 Å². The average molecular weight is 309 g/mol. The van der Waals surface area contributed by atoms with Crippen LogP contribution in [-0.2, 0) is 12.8 Å². The smallest absolute Gasteiger partial charge is 0.125 e. The van der Waals surface area contributed by atoms with Crippen molar-refractivity contribution >= 4 is 11.6 Å². The van der Waals surface area contributed by atoms with Crippen molar-refractivity contribution < 1.29 is 4.74 Å². The van der Waals surface area contributed by atoms with E-state index in [1.54, 1.807) is 0 Å². The van der Waals surface area contributed by atoms with Crippen molar-refractivity contribution in [2.45, 2.75) is 51.5 Å². The summed E-state index contributed by atoms with van der Waals surface area (Å²) in [6, 6.07) is 4.38. The van der Waals surface area contributed by atoms with E-state index in [-0.39, 0.29) is 0 Å². The summed E-state index contributed by atoms with van der Waals surface area (Å²) in [5, 5.41) is 0.808. The molecule has 21 heavy (non-hydrogen) atoms. The number of ether oxygens (including phenoxy) is 1. The minimum absolute atomic E-state index is 0.310. The Morgan fingerprint density at radius 2 is 2.10 bits per heavy atom. The lowest BCUT2D eigenvalue weighted by molar-refractivity contribution is 0.228. The molecule has 0 radical (unpaired) electrons. The monoisotopic (exact) mass is 308 g/mol. The molecule has 3 rings (SSSR count). The summed E-state index contributed by atoms with van der Waals surface area (Å²) in [6.45, 7) is 3.11. The van der Waals surface area contributed by atoms with Gasteiger partial charge in [0.1, 0.15) is 5.75 Å². The zero-order valence-corrected chi connectivity index (χ0v) is 13.5. The fourth-order valence-electron chi connectivity index (χ4n) is 3.78. The van der Waals surface area contributed by atoms with Gasteiger partial charge in [0.25, 0.3) is 0 Å². The second kappa shape index (κ2) is 6.55. The molecule has 0 saturated heterocycles. The van der Waals surface area contributed by atoms with E-state index < -0.39 is 0 Å². The molecule has 1 aliphatic heterocycles. The number of rotatable bonds is 4. The highest BCUT2D eigenvalue weighted by Crippen LogP contribution is 2.36. The van der Waals surface area contributed by atoms with Crippen LogP contribution >= 0.6 is 11.6 Å². The van der Waals surface area contributed by atoms with Crippen LogP contribution in [0.25, 0.3) is 0 Å². The van der Waals surface area contributed by atoms with Gasteiger partial charge in [-0.2, -0.15) is 0 Å². The minimum atomic E-state index is 0.310. The molecule has 1 heterocycles. The number of nitrogens with one attached hydrogen (secondary N) is 1. The first-order chi connectivity index (χ1) is 10.2. The largest absolute Gasteiger partial charge is 0.493 e. The highest BCUT2D eigenvalue weighted by Gasteiger charge is 2.27. The number of fused-ring (bicyclic) bond motifs is 1. The van der Waals surface area contributed by atoms with Crippen molar-refractivity contribution in [2.75, 3.05) is 6.61 Å². The first-order valence-corrected chi connectivity index (χ1v) is 8.45. The van der Waals surface area contributed by atoms with E-state index in [4.69, 9.17) is 22.2 Å². The first-order valence-electron chi connectivity index (χ1n) is 8.07. The molecule has 1 unspecified atom stereocenters. The van der Waals surface area contributed by atoms with E-state index in [9.17, 15) is 0 Å². The van der Waals surface area contributed by atoms with Crippen LogP contribution < -0.4 is 16.0 Å². The molecule has 0 aromatic heterocycles. The Labute approximate surface area is 132 Å². The second-order valence-corrected chi connectivity index (χ2v) is 7.09. The maximum Gasteiger partial charge on any atom is 0.125 e. The molecule has 1 aromatic rings. The standard InChI is InChI=1S/C17H25ClN2O/c1-11-2-4-12(5-3-11)16(20-19)10-14-9-15(18)8-13-6-7-21-17(13)14/h8-9,11-12,16,20H,2-7,10,19H2,1H3. The summed E-state index contributed by atoms with van der Waals surface area (Å²) in [5.41, 5.74) is 5.49. The number of hydrazine groups is 1. The van der Waals surface area contributed by atoms with E-state index in [1.807, 2.05) is 12.1 Å². The van der Waals surface area contributed by atoms with E-state index in [2.05, 4.69) is 12.3 Å². The number of hydrogen-bond acceptors (Lipinski definition) is 3. The van der Waals surface area contributed by atoms with Crippen LogP contribution in [0.2, 0.25) is 5.02 Å². The van der Waals surface area contributed by atoms with Gasteiger partial charge in [0.05, 0.1) is 6.61 Å². The van der Waals surface area contributed by atoms with Gasteiger partial charge in [-0.3, -0.25) is 11.3 Å². The normalized spacial score (nSPS) is 26.2. The molecule has 0 amide bonds. The lowest BCUT2D eigenvalue weighted by Crippen LogP contribution is -2.43. The highest BCUT2D eigenvalue weighted by atomic mass is 35.5. The Morgan fingerprint density at radius 3 is 2.81 bits per heavy atom. The van der Waals surface area contributed by atoms with Gasteiger partial charge in [0, 0.05) is 17.5 Å². The van der Waals surface area contributed by atoms with Crippen molar-refractivity contribution in [3.05, 3.63) is 28.3 Å². The fraction of sp³-hybridized carbons (Fsp3) is 0.647. The van der Waals surface area contributed by atoms with Crippen LogP contribution in [0.5, 0.6) is 5.75 Å². The number of nitrogens with two attached hydrogens (primary N) is 1. The van der Waals surface area contributed by atoms with Crippen LogP contribution in [0.4, 0.5) is 0 Å². The number of benzene rings is 1. The Morgan fingerprint density at radius 1 is 1.33 bits per heavy atom. The number of halogens is 1. The van der Waals surface area contributed by atoms with Gasteiger partial charge < -0.3 is 4.74 Å². The Hall–Kier alpha value is -0.770. The van der Waals surface area contributed by atoms with Gasteiger partial charge in [-0.15, -0.1) is 0 Å². The summed E-state index contributed by atoms with van der Waals surface area (Å²) in [5.74, 6) is 8.41. The second-order valence-electron chi connectivity index (χ2n) is 6.65. The third-order valence-corrected chi connectivity index (χ3v) is 5.33. The van der Waals surface area contributed by atoms with E-state index in [1.165, 1.54) is 36.8 Å². The zero-order valence-electron chi connectivity index (χ0n) is 12.7. The summed E-state index contributed by atoms with van der Waals surface area (Å²) < 4.78 is 5.81. The van der Waals surface area contributed by atoms with Crippen LogP contribution in [0.3, 0.4) is 0 Å². The summed E-state index contributed by atoms with van der Waals surface area (Å²) in [6.07, 6.45) is 7.02. The van der Waals surface area contributed by atoms with Crippen LogP contribution in [0, 0.1) is 11.8 Å². The molecule has 3 nitrogen and oxygen atoms in total. The molecule has 1 aromatic carbocycles. The van der Waals surface area contributed by atoms with Gasteiger partial charge in [-0.1, -0.05) is 31.4 Å². The van der Waals surface area contributed by atoms with Crippen LogP contribution in [0.1, 0.15) is 43.7 Å². The Balaban J connectivity index is 1.75. The average Bonchev–Trinajstić information content (AvgIpc) is 2.94. The third kappa shape index (κ3) is 3.36. The SMILES string of the molecule is CC1CCC(C(Cc2cc(Cl)cc3c2OCC3)NN)CC1. The minimum Gasteiger partial charge on any atom is -0.493 e. The zero-order chi connectivity index (χ0) is 14.8. The molecule has 3 N–H and O–H groups in total. The Kier molecular flexibility index (Phi) is 4.72. The highest BCUT2D eigenvalue weighted by molar-refractivity contribution is 6.30. The van der Waals surface area contributed by atoms with Crippen molar-refractivity contribution in [3.63, 3.8) is 0 Å². The molecule has 2 aliphatic rings. The van der Waals surface area contributed by atoms with E-state index in [0.717, 1.165) is 36.1 Å². The van der Waals surface area contributed by atoms with Gasteiger partial charge in [0.2, 0.25) is 0 Å². The summed E-state index contributed by atoms with van der Waals surface area (Å²) in [4.78, 5) is 0. The van der Waals surface area contributed by atoms with Gasteiger partial charge in [-0.05, 0) is 54.4 Å². The molecule has 1 fully saturated rings. The van der Waals surface area contributed by atoms with Crippen molar-refractivity contribution in [3.8, 4) is 5.75 Å². The number of hydrogen-bond donors (Lipinski definition) is 2. The maximum atomic E-state index is 6.25. The predicted octanol–water partition coefficient (Wildman–Crippen LogP) is 3.48. The topological polar surface area (TPSA) is 47.3 Å². The summed E-state index contributed by atoms with van der Waals surface area (Å²) >= 11 is 6.25. The summed E-state index contributed by atoms with van der Waals surface area (Å²) in [7, 11) is 0. The van der Waals surface area contributed by atoms with E-state index in [0.29, 0.717) is 12.0 Å². The quantitative estimate of drug-likeness (QED) is 0.661. The van der Waals surface area contributed by atoms with Crippen LogP contribution in [-0.4, -0.2) is 12.6 Å². The van der Waals surface area contributed by atoms with Crippen molar-refractivity contribution in [1.29, 1.82) is 0 Å². The van der Waals surface area contributed by atoms with Gasteiger partial charge in [0.15, 0.2) is 0 Å². The molecule has 1 aliphatic carbocycles. The molecule has 0 bridgehead atoms. The molecular weight excluding hydrogens is 284 g/mol. The molecule has 116 valence electrons. The molecule has 1 saturated carbocycles.